The van der Waals surface area contributed by atoms with Gasteiger partial charge in [-0.1, -0.05) is 17.8 Å². The van der Waals surface area contributed by atoms with Crippen LogP contribution in [0.25, 0.3) is 11.4 Å². The second kappa shape index (κ2) is 10.8. The quantitative estimate of drug-likeness (QED) is 0.260. The highest BCUT2D eigenvalue weighted by molar-refractivity contribution is 7.99. The van der Waals surface area contributed by atoms with Crippen LogP contribution in [0.3, 0.4) is 0 Å². The summed E-state index contributed by atoms with van der Waals surface area (Å²) in [7, 11) is 0. The Morgan fingerprint density at radius 1 is 1.36 bits per heavy atom. The molecule has 1 amide bonds. The topological polar surface area (TPSA) is 99.0 Å². The third-order valence-corrected chi connectivity index (χ3v) is 7.34. The van der Waals surface area contributed by atoms with Crippen LogP contribution in [0.5, 0.6) is 0 Å². The number of nitrogens with one attached hydrogen (secondary N) is 1. The Hall–Kier alpha value is -2.98. The molecule has 3 aromatic rings. The lowest BCUT2D eigenvalue weighted by molar-refractivity contribution is -0.115. The predicted octanol–water partition coefficient (Wildman–Crippen LogP) is 4.37. The molecule has 4 rings (SSSR count). The Balaban J connectivity index is 1.40. The molecule has 0 atom stereocenters. The summed E-state index contributed by atoms with van der Waals surface area (Å²) >= 11 is 2.94. The molecule has 0 saturated heterocycles. The molecule has 0 aromatic carbocycles. The van der Waals surface area contributed by atoms with Crippen LogP contribution in [0.2, 0.25) is 0 Å². The lowest BCUT2D eigenvalue weighted by Crippen LogP contribution is -2.15. The second-order valence-electron chi connectivity index (χ2n) is 7.38. The summed E-state index contributed by atoms with van der Waals surface area (Å²) in [6.07, 6.45) is 8.34. The number of thioether (sulfide) groups is 1. The van der Waals surface area contributed by atoms with Gasteiger partial charge in [0.2, 0.25) is 5.91 Å². The number of aryl methyl sites for hydroxylation is 1. The van der Waals surface area contributed by atoms with Gasteiger partial charge < -0.3 is 10.1 Å². The molecule has 0 unspecified atom stereocenters. The van der Waals surface area contributed by atoms with E-state index >= 15 is 0 Å². The number of fused-ring (bicyclic) bond motifs is 1. The molecule has 172 valence electrons. The van der Waals surface area contributed by atoms with E-state index in [4.69, 9.17) is 4.74 Å². The SMILES string of the molecule is C=CCn1c(SCCC(=O)Nc2sc3c(c2C(=O)OCC)CCC3)nnc1-c1cccnc1. The summed E-state index contributed by atoms with van der Waals surface area (Å²) in [6, 6.07) is 3.78. The largest absolute Gasteiger partial charge is 0.462 e. The average molecular weight is 484 g/mol. The number of nitrogens with zero attached hydrogens (tertiary/aromatic N) is 4. The molecule has 33 heavy (non-hydrogen) atoms. The Labute approximate surface area is 200 Å². The molecule has 1 aliphatic carbocycles. The van der Waals surface area contributed by atoms with E-state index in [1.807, 2.05) is 16.7 Å². The van der Waals surface area contributed by atoms with Crippen molar-refractivity contribution in [3.63, 3.8) is 0 Å². The fourth-order valence-electron chi connectivity index (χ4n) is 3.73. The zero-order valence-corrected chi connectivity index (χ0v) is 20.0. The number of rotatable bonds is 10. The van der Waals surface area contributed by atoms with E-state index in [1.54, 1.807) is 25.4 Å². The molecule has 10 heteroatoms. The number of amides is 1. The van der Waals surface area contributed by atoms with Crippen molar-refractivity contribution in [1.29, 1.82) is 0 Å². The first kappa shape index (κ1) is 23.2. The number of carbonyl (C=O) groups is 2. The smallest absolute Gasteiger partial charge is 0.341 e. The van der Waals surface area contributed by atoms with Gasteiger partial charge in [0.05, 0.1) is 12.2 Å². The van der Waals surface area contributed by atoms with Crippen molar-refractivity contribution in [3.05, 3.63) is 53.2 Å². The lowest BCUT2D eigenvalue weighted by atomic mass is 10.1. The van der Waals surface area contributed by atoms with E-state index in [0.29, 0.717) is 40.4 Å². The third-order valence-electron chi connectivity index (χ3n) is 5.16. The van der Waals surface area contributed by atoms with Gasteiger partial charge in [-0.3, -0.25) is 14.3 Å². The van der Waals surface area contributed by atoms with Gasteiger partial charge >= 0.3 is 5.97 Å². The standard InChI is InChI=1S/C23H25N5O3S2/c1-3-12-28-20(15-7-6-11-24-14-15)26-27-23(28)32-13-10-18(29)25-21-19(22(30)31-4-2)16-8-5-9-17(16)33-21/h3,6-7,11,14H,1,4-5,8-10,12-13H2,2H3,(H,25,29). The number of aromatic nitrogens is 4. The van der Waals surface area contributed by atoms with Gasteiger partial charge in [0.1, 0.15) is 5.00 Å². The monoisotopic (exact) mass is 483 g/mol. The highest BCUT2D eigenvalue weighted by atomic mass is 32.2. The average Bonchev–Trinajstić information content (AvgIpc) is 3.50. The van der Waals surface area contributed by atoms with Gasteiger partial charge in [-0.05, 0) is 43.9 Å². The number of esters is 1. The maximum absolute atomic E-state index is 12.7. The summed E-state index contributed by atoms with van der Waals surface area (Å²) in [4.78, 5) is 30.5. The molecule has 0 bridgehead atoms. The highest BCUT2D eigenvalue weighted by Crippen LogP contribution is 2.39. The molecule has 0 aliphatic heterocycles. The maximum Gasteiger partial charge on any atom is 0.341 e. The van der Waals surface area contributed by atoms with Crippen molar-refractivity contribution in [2.45, 2.75) is 44.3 Å². The zero-order chi connectivity index (χ0) is 23.2. The van der Waals surface area contributed by atoms with Crippen LogP contribution >= 0.6 is 23.1 Å². The Kier molecular flexibility index (Phi) is 7.56. The van der Waals surface area contributed by atoms with Crippen LogP contribution < -0.4 is 5.32 Å². The first-order valence-electron chi connectivity index (χ1n) is 10.8. The number of allylic oxidation sites excluding steroid dienone is 1. The number of thiophene rings is 1. The second-order valence-corrected chi connectivity index (χ2v) is 9.54. The van der Waals surface area contributed by atoms with E-state index < -0.39 is 0 Å². The predicted molar refractivity (Wildman–Crippen MR) is 130 cm³/mol. The minimum atomic E-state index is -0.359. The number of hydrogen-bond donors (Lipinski definition) is 1. The molecule has 8 nitrogen and oxygen atoms in total. The number of hydrogen-bond acceptors (Lipinski definition) is 8. The summed E-state index contributed by atoms with van der Waals surface area (Å²) in [5.74, 6) is 0.730. The summed E-state index contributed by atoms with van der Waals surface area (Å²) in [5, 5.41) is 12.8. The minimum absolute atomic E-state index is 0.143. The van der Waals surface area contributed by atoms with Crippen molar-refractivity contribution in [3.8, 4) is 11.4 Å². The fourth-order valence-corrected chi connectivity index (χ4v) is 5.91. The van der Waals surface area contributed by atoms with Crippen molar-refractivity contribution < 1.29 is 14.3 Å². The van der Waals surface area contributed by atoms with E-state index in [0.717, 1.165) is 30.4 Å². The van der Waals surface area contributed by atoms with Crippen LogP contribution in [0.1, 0.15) is 40.6 Å². The van der Waals surface area contributed by atoms with Gasteiger partial charge in [0.15, 0.2) is 11.0 Å². The number of carbonyl (C=O) groups excluding carboxylic acids is 2. The third kappa shape index (κ3) is 5.17. The molecule has 0 fully saturated rings. The van der Waals surface area contributed by atoms with Gasteiger partial charge in [-0.2, -0.15) is 0 Å². The Morgan fingerprint density at radius 3 is 3.00 bits per heavy atom. The van der Waals surface area contributed by atoms with Crippen LogP contribution in [-0.2, 0) is 28.9 Å². The normalized spacial score (nSPS) is 12.4. The zero-order valence-electron chi connectivity index (χ0n) is 18.4. The van der Waals surface area contributed by atoms with Crippen LogP contribution in [-0.4, -0.2) is 44.0 Å². The van der Waals surface area contributed by atoms with E-state index in [-0.39, 0.29) is 18.3 Å². The molecule has 3 heterocycles. The van der Waals surface area contributed by atoms with E-state index in [1.165, 1.54) is 28.0 Å². The molecule has 0 spiro atoms. The van der Waals surface area contributed by atoms with Crippen molar-refractivity contribution in [2.75, 3.05) is 17.7 Å². The molecule has 1 aliphatic rings. The van der Waals surface area contributed by atoms with Gasteiger partial charge in [0.25, 0.3) is 0 Å². The molecular formula is C23H25N5O3S2. The molecular weight excluding hydrogens is 458 g/mol. The Bertz CT molecular complexity index is 1160. The first-order valence-corrected chi connectivity index (χ1v) is 12.6. The molecule has 3 aromatic heterocycles. The Morgan fingerprint density at radius 2 is 2.24 bits per heavy atom. The van der Waals surface area contributed by atoms with Crippen LogP contribution in [0.15, 0.2) is 42.3 Å². The maximum atomic E-state index is 12.7. The molecule has 1 N–H and O–H groups in total. The number of pyridine rings is 1. The van der Waals surface area contributed by atoms with Gasteiger partial charge in [0, 0.05) is 41.6 Å². The minimum Gasteiger partial charge on any atom is -0.462 e. The number of ether oxygens (including phenoxy) is 1. The molecule has 0 radical (unpaired) electrons. The van der Waals surface area contributed by atoms with E-state index in [2.05, 4.69) is 27.1 Å². The lowest BCUT2D eigenvalue weighted by Gasteiger charge is -2.09. The van der Waals surface area contributed by atoms with E-state index in [9.17, 15) is 9.59 Å². The summed E-state index contributed by atoms with van der Waals surface area (Å²) in [5.41, 5.74) is 2.43. The van der Waals surface area contributed by atoms with Crippen molar-refractivity contribution >= 4 is 40.0 Å². The van der Waals surface area contributed by atoms with Crippen molar-refractivity contribution in [2.24, 2.45) is 0 Å². The summed E-state index contributed by atoms with van der Waals surface area (Å²) in [6.45, 7) is 6.46. The first-order chi connectivity index (χ1) is 16.1. The fraction of sp³-hybridized carbons (Fsp3) is 0.348. The number of anilines is 1. The highest BCUT2D eigenvalue weighted by Gasteiger charge is 2.28. The van der Waals surface area contributed by atoms with Gasteiger partial charge in [-0.25, -0.2) is 4.79 Å². The van der Waals surface area contributed by atoms with Crippen LogP contribution in [0.4, 0.5) is 5.00 Å². The van der Waals surface area contributed by atoms with Crippen molar-refractivity contribution in [1.82, 2.24) is 19.7 Å². The van der Waals surface area contributed by atoms with Gasteiger partial charge in [-0.15, -0.1) is 28.1 Å². The van der Waals surface area contributed by atoms with Crippen LogP contribution in [0, 0.1) is 0 Å². The summed E-state index contributed by atoms with van der Waals surface area (Å²) < 4.78 is 7.18. The molecule has 0 saturated carbocycles.